The van der Waals surface area contributed by atoms with Crippen molar-refractivity contribution in [3.63, 3.8) is 0 Å². The number of nitrogens with two attached hydrogens (primary N) is 1. The number of amides is 1. The molecule has 0 bridgehead atoms. The van der Waals surface area contributed by atoms with E-state index in [0.717, 1.165) is 13.0 Å². The monoisotopic (exact) mass is 276 g/mol. The van der Waals surface area contributed by atoms with Crippen LogP contribution in [-0.4, -0.2) is 27.1 Å². The molecule has 0 atom stereocenters. The summed E-state index contributed by atoms with van der Waals surface area (Å²) in [5.41, 5.74) is 8.10. The van der Waals surface area contributed by atoms with Gasteiger partial charge in [-0.3, -0.25) is 9.48 Å². The van der Waals surface area contributed by atoms with Crippen molar-refractivity contribution in [1.29, 1.82) is 0 Å². The second-order valence-corrected chi connectivity index (χ2v) is 5.61. The Kier molecular flexibility index (Phi) is 3.02. The zero-order valence-electron chi connectivity index (χ0n) is 10.8. The molecule has 1 amide bonds. The highest BCUT2D eigenvalue weighted by atomic mass is 32.1. The summed E-state index contributed by atoms with van der Waals surface area (Å²) in [6, 6.07) is 2.10. The summed E-state index contributed by atoms with van der Waals surface area (Å²) in [4.78, 5) is 15.8. The molecule has 6 heteroatoms. The first-order valence-corrected chi connectivity index (χ1v) is 7.24. The SMILES string of the molecule is CCn1ncc(N)c1C(=O)N1CCc2sccc2C1. The summed E-state index contributed by atoms with van der Waals surface area (Å²) in [5.74, 6) is -0.0197. The Bertz CT molecular complexity index is 616. The molecule has 3 rings (SSSR count). The Hall–Kier alpha value is -1.82. The smallest absolute Gasteiger partial charge is 0.274 e. The summed E-state index contributed by atoms with van der Waals surface area (Å²) in [6.07, 6.45) is 2.48. The average molecular weight is 276 g/mol. The highest BCUT2D eigenvalue weighted by molar-refractivity contribution is 7.10. The maximum absolute atomic E-state index is 12.6. The van der Waals surface area contributed by atoms with Crippen LogP contribution in [0.1, 0.15) is 27.9 Å². The van der Waals surface area contributed by atoms with E-state index in [9.17, 15) is 4.79 Å². The van der Waals surface area contributed by atoms with Crippen molar-refractivity contribution in [2.24, 2.45) is 0 Å². The molecule has 0 fully saturated rings. The number of carbonyl (C=O) groups is 1. The molecule has 2 aromatic rings. The largest absolute Gasteiger partial charge is 0.396 e. The van der Waals surface area contributed by atoms with Crippen molar-refractivity contribution in [2.75, 3.05) is 12.3 Å². The van der Waals surface area contributed by atoms with Crippen molar-refractivity contribution in [1.82, 2.24) is 14.7 Å². The third kappa shape index (κ3) is 2.02. The minimum Gasteiger partial charge on any atom is -0.396 e. The Morgan fingerprint density at radius 3 is 3.21 bits per heavy atom. The fourth-order valence-electron chi connectivity index (χ4n) is 2.45. The number of aryl methyl sites for hydroxylation is 1. The number of rotatable bonds is 2. The molecule has 3 heterocycles. The molecule has 19 heavy (non-hydrogen) atoms. The van der Waals surface area contributed by atoms with E-state index in [1.54, 1.807) is 22.2 Å². The number of thiophene rings is 1. The van der Waals surface area contributed by atoms with Crippen molar-refractivity contribution >= 4 is 22.9 Å². The normalized spacial score (nSPS) is 14.5. The van der Waals surface area contributed by atoms with Gasteiger partial charge in [0.25, 0.3) is 5.91 Å². The van der Waals surface area contributed by atoms with Crippen LogP contribution in [0, 0.1) is 0 Å². The number of hydrogen-bond acceptors (Lipinski definition) is 4. The fourth-order valence-corrected chi connectivity index (χ4v) is 3.33. The third-order valence-electron chi connectivity index (χ3n) is 3.46. The first-order valence-electron chi connectivity index (χ1n) is 6.36. The van der Waals surface area contributed by atoms with Crippen LogP contribution in [0.5, 0.6) is 0 Å². The molecule has 5 nitrogen and oxygen atoms in total. The van der Waals surface area contributed by atoms with Gasteiger partial charge in [0.15, 0.2) is 0 Å². The third-order valence-corrected chi connectivity index (χ3v) is 4.49. The highest BCUT2D eigenvalue weighted by Gasteiger charge is 2.26. The summed E-state index contributed by atoms with van der Waals surface area (Å²) >= 11 is 1.77. The second-order valence-electron chi connectivity index (χ2n) is 4.61. The molecule has 0 saturated heterocycles. The number of hydrogen-bond donors (Lipinski definition) is 1. The number of fused-ring (bicyclic) bond motifs is 1. The Morgan fingerprint density at radius 1 is 1.58 bits per heavy atom. The van der Waals surface area contributed by atoms with Crippen LogP contribution in [0.4, 0.5) is 5.69 Å². The van der Waals surface area contributed by atoms with E-state index in [-0.39, 0.29) is 5.91 Å². The molecular weight excluding hydrogens is 260 g/mol. The Morgan fingerprint density at radius 2 is 2.42 bits per heavy atom. The van der Waals surface area contributed by atoms with Crippen molar-refractivity contribution < 1.29 is 4.79 Å². The number of nitrogens with zero attached hydrogens (tertiary/aromatic N) is 3. The predicted molar refractivity (Wildman–Crippen MR) is 75.1 cm³/mol. The topological polar surface area (TPSA) is 64.2 Å². The standard InChI is InChI=1S/C13H16N4OS/c1-2-17-12(10(14)7-15-17)13(18)16-5-3-11-9(8-16)4-6-19-11/h4,6-7H,2-3,5,8,14H2,1H3. The molecule has 2 N–H and O–H groups in total. The van der Waals surface area contributed by atoms with Crippen LogP contribution in [-0.2, 0) is 19.5 Å². The molecule has 0 radical (unpaired) electrons. The van der Waals surface area contributed by atoms with Crippen LogP contribution < -0.4 is 5.73 Å². The van der Waals surface area contributed by atoms with Gasteiger partial charge in [-0.1, -0.05) is 0 Å². The lowest BCUT2D eigenvalue weighted by molar-refractivity contribution is 0.0724. The Balaban J connectivity index is 1.87. The van der Waals surface area contributed by atoms with Gasteiger partial charge in [0.2, 0.25) is 0 Å². The molecule has 1 aliphatic heterocycles. The van der Waals surface area contributed by atoms with Gasteiger partial charge in [0.05, 0.1) is 11.9 Å². The van der Waals surface area contributed by atoms with Crippen molar-refractivity contribution in [2.45, 2.75) is 26.4 Å². The van der Waals surface area contributed by atoms with Gasteiger partial charge < -0.3 is 10.6 Å². The minimum atomic E-state index is -0.0197. The van der Waals surface area contributed by atoms with Gasteiger partial charge in [-0.05, 0) is 30.4 Å². The van der Waals surface area contributed by atoms with E-state index < -0.39 is 0 Å². The van der Waals surface area contributed by atoms with Crippen LogP contribution in [0.25, 0.3) is 0 Å². The molecule has 0 unspecified atom stereocenters. The van der Waals surface area contributed by atoms with E-state index in [4.69, 9.17) is 5.73 Å². The number of carbonyl (C=O) groups excluding carboxylic acids is 1. The van der Waals surface area contributed by atoms with Gasteiger partial charge in [-0.2, -0.15) is 5.10 Å². The average Bonchev–Trinajstić information content (AvgIpc) is 3.02. The number of anilines is 1. The number of aromatic nitrogens is 2. The van der Waals surface area contributed by atoms with Gasteiger partial charge in [0, 0.05) is 24.5 Å². The minimum absolute atomic E-state index is 0.0197. The van der Waals surface area contributed by atoms with Gasteiger partial charge >= 0.3 is 0 Å². The van der Waals surface area contributed by atoms with Crippen LogP contribution in [0.2, 0.25) is 0 Å². The fraction of sp³-hybridized carbons (Fsp3) is 0.385. The molecule has 100 valence electrons. The van der Waals surface area contributed by atoms with Crippen LogP contribution in [0.15, 0.2) is 17.6 Å². The zero-order chi connectivity index (χ0) is 13.4. The van der Waals surface area contributed by atoms with E-state index in [0.29, 0.717) is 24.5 Å². The maximum Gasteiger partial charge on any atom is 0.274 e. The maximum atomic E-state index is 12.6. The molecule has 0 aliphatic carbocycles. The lowest BCUT2D eigenvalue weighted by Gasteiger charge is -2.27. The highest BCUT2D eigenvalue weighted by Crippen LogP contribution is 2.25. The van der Waals surface area contributed by atoms with E-state index in [2.05, 4.69) is 16.5 Å². The molecule has 0 saturated carbocycles. The molecule has 0 spiro atoms. The molecular formula is C13H16N4OS. The summed E-state index contributed by atoms with van der Waals surface area (Å²) in [7, 11) is 0. The van der Waals surface area contributed by atoms with Crippen LogP contribution >= 0.6 is 11.3 Å². The molecule has 0 aromatic carbocycles. The Labute approximate surface area is 115 Å². The first-order chi connectivity index (χ1) is 9.20. The van der Waals surface area contributed by atoms with Crippen molar-refractivity contribution in [3.05, 3.63) is 33.8 Å². The molecule has 2 aromatic heterocycles. The quantitative estimate of drug-likeness (QED) is 0.908. The number of nitrogen functional groups attached to an aromatic ring is 1. The lowest BCUT2D eigenvalue weighted by Crippen LogP contribution is -2.36. The zero-order valence-corrected chi connectivity index (χ0v) is 11.6. The first kappa shape index (κ1) is 12.2. The van der Waals surface area contributed by atoms with Crippen LogP contribution in [0.3, 0.4) is 0 Å². The summed E-state index contributed by atoms with van der Waals surface area (Å²) < 4.78 is 1.67. The van der Waals surface area contributed by atoms with E-state index in [1.165, 1.54) is 10.4 Å². The predicted octanol–water partition coefficient (Wildman–Crippen LogP) is 1.75. The van der Waals surface area contributed by atoms with Crippen molar-refractivity contribution in [3.8, 4) is 0 Å². The van der Waals surface area contributed by atoms with Gasteiger partial charge in [0.1, 0.15) is 5.69 Å². The summed E-state index contributed by atoms with van der Waals surface area (Å²) in [6.45, 7) is 4.03. The molecule has 1 aliphatic rings. The van der Waals surface area contributed by atoms with E-state index >= 15 is 0 Å². The lowest BCUT2D eigenvalue weighted by atomic mass is 10.1. The second kappa shape index (κ2) is 4.70. The van der Waals surface area contributed by atoms with Gasteiger partial charge in [-0.25, -0.2) is 0 Å². The summed E-state index contributed by atoms with van der Waals surface area (Å²) in [5, 5.41) is 6.22. The van der Waals surface area contributed by atoms with Gasteiger partial charge in [-0.15, -0.1) is 11.3 Å². The van der Waals surface area contributed by atoms with E-state index in [1.807, 2.05) is 11.8 Å².